The fourth-order valence-corrected chi connectivity index (χ4v) is 1.04. The zero-order chi connectivity index (χ0) is 12.8. The van der Waals surface area contributed by atoms with Gasteiger partial charge in [0.15, 0.2) is 0 Å². The molecule has 0 saturated heterocycles. The molecule has 0 fully saturated rings. The van der Waals surface area contributed by atoms with Crippen LogP contribution in [-0.4, -0.2) is 5.91 Å². The van der Waals surface area contributed by atoms with Crippen molar-refractivity contribution in [2.45, 2.75) is 26.2 Å². The minimum atomic E-state index is -0.417. The first-order valence-corrected chi connectivity index (χ1v) is 5.88. The monoisotopic (exact) mass is 231 g/mol. The average Bonchev–Trinajstić information content (AvgIpc) is 2.30. The number of primary amides is 1. The molecule has 17 heavy (non-hydrogen) atoms. The lowest BCUT2D eigenvalue weighted by Gasteiger charge is -1.84. The van der Waals surface area contributed by atoms with E-state index in [0.29, 0.717) is 0 Å². The number of hydrogen-bond donors (Lipinski definition) is 1. The lowest BCUT2D eigenvalue weighted by molar-refractivity contribution is -0.113. The molecule has 0 aliphatic heterocycles. The van der Waals surface area contributed by atoms with Crippen LogP contribution in [0.1, 0.15) is 26.2 Å². The smallest absolute Gasteiger partial charge is 0.241 e. The Bertz CT molecular complexity index is 333. The third-order valence-corrected chi connectivity index (χ3v) is 1.85. The molecular formula is C15H21NO. The molecule has 0 aromatic carbocycles. The lowest BCUT2D eigenvalue weighted by Crippen LogP contribution is -2.04. The fraction of sp³-hybridized carbons (Fsp3) is 0.267. The van der Waals surface area contributed by atoms with Gasteiger partial charge in [0.25, 0.3) is 0 Å². The van der Waals surface area contributed by atoms with Crippen molar-refractivity contribution in [1.29, 1.82) is 0 Å². The van der Waals surface area contributed by atoms with Crippen molar-refractivity contribution in [3.63, 3.8) is 0 Å². The summed E-state index contributed by atoms with van der Waals surface area (Å²) in [6.07, 6.45) is 22.2. The first-order valence-electron chi connectivity index (χ1n) is 5.88. The molecule has 2 N–H and O–H groups in total. The Kier molecular flexibility index (Phi) is 10.9. The van der Waals surface area contributed by atoms with Gasteiger partial charge in [0, 0.05) is 6.08 Å². The highest BCUT2D eigenvalue weighted by Gasteiger charge is 1.78. The molecule has 2 nitrogen and oxygen atoms in total. The highest BCUT2D eigenvalue weighted by atomic mass is 16.1. The van der Waals surface area contributed by atoms with E-state index in [4.69, 9.17) is 5.73 Å². The van der Waals surface area contributed by atoms with Gasteiger partial charge < -0.3 is 5.73 Å². The number of amides is 1. The van der Waals surface area contributed by atoms with Crippen LogP contribution in [0.2, 0.25) is 0 Å². The maximum Gasteiger partial charge on any atom is 0.241 e. The van der Waals surface area contributed by atoms with Gasteiger partial charge in [-0.25, -0.2) is 0 Å². The van der Waals surface area contributed by atoms with Crippen molar-refractivity contribution in [3.8, 4) is 0 Å². The highest BCUT2D eigenvalue weighted by molar-refractivity contribution is 5.85. The summed E-state index contributed by atoms with van der Waals surface area (Å²) in [6.45, 7) is 2.11. The second-order valence-electron chi connectivity index (χ2n) is 3.42. The molecule has 0 saturated carbocycles. The van der Waals surface area contributed by atoms with Crippen molar-refractivity contribution in [2.75, 3.05) is 0 Å². The first kappa shape index (κ1) is 15.2. The van der Waals surface area contributed by atoms with Gasteiger partial charge in [0.2, 0.25) is 5.91 Å². The highest BCUT2D eigenvalue weighted by Crippen LogP contribution is 1.94. The Morgan fingerprint density at radius 3 is 1.94 bits per heavy atom. The normalized spacial score (nSPS) is 13.0. The summed E-state index contributed by atoms with van der Waals surface area (Å²) in [4.78, 5) is 10.4. The number of carbonyl (C=O) groups excluding carboxylic acids is 1. The molecule has 0 aromatic rings. The molecule has 1 amide bonds. The van der Waals surface area contributed by atoms with Crippen molar-refractivity contribution in [2.24, 2.45) is 5.73 Å². The summed E-state index contributed by atoms with van der Waals surface area (Å²) in [7, 11) is 0. The van der Waals surface area contributed by atoms with Crippen LogP contribution in [0.25, 0.3) is 0 Å². The van der Waals surface area contributed by atoms with E-state index in [2.05, 4.69) is 19.1 Å². The van der Waals surface area contributed by atoms with Gasteiger partial charge in [-0.3, -0.25) is 4.79 Å². The summed E-state index contributed by atoms with van der Waals surface area (Å²) in [6, 6.07) is 0. The Morgan fingerprint density at radius 1 is 0.882 bits per heavy atom. The number of allylic oxidation sites excluding steroid dienone is 9. The van der Waals surface area contributed by atoms with Gasteiger partial charge in [-0.2, -0.15) is 0 Å². The van der Waals surface area contributed by atoms with E-state index in [1.807, 2.05) is 36.5 Å². The summed E-state index contributed by atoms with van der Waals surface area (Å²) in [5, 5.41) is 0. The topological polar surface area (TPSA) is 43.1 Å². The van der Waals surface area contributed by atoms with Gasteiger partial charge in [-0.05, 0) is 19.3 Å². The van der Waals surface area contributed by atoms with Crippen molar-refractivity contribution < 1.29 is 4.79 Å². The molecule has 92 valence electrons. The van der Waals surface area contributed by atoms with Crippen LogP contribution in [0.4, 0.5) is 0 Å². The zero-order valence-electron chi connectivity index (χ0n) is 10.4. The van der Waals surface area contributed by atoms with Crippen molar-refractivity contribution in [3.05, 3.63) is 60.8 Å². The van der Waals surface area contributed by atoms with Crippen LogP contribution in [0.5, 0.6) is 0 Å². The number of rotatable bonds is 8. The molecule has 0 rings (SSSR count). The van der Waals surface area contributed by atoms with Gasteiger partial charge in [-0.1, -0.05) is 61.6 Å². The number of carbonyl (C=O) groups is 1. The molecule has 0 aliphatic rings. The molecular weight excluding hydrogens is 210 g/mol. The second kappa shape index (κ2) is 12.2. The molecule has 0 aliphatic carbocycles. The fourth-order valence-electron chi connectivity index (χ4n) is 1.04. The largest absolute Gasteiger partial charge is 0.366 e. The minimum Gasteiger partial charge on any atom is -0.366 e. The van der Waals surface area contributed by atoms with E-state index in [9.17, 15) is 4.79 Å². The molecule has 0 unspecified atom stereocenters. The Labute approximate surface area is 104 Å². The number of nitrogens with two attached hydrogens (primary N) is 1. The summed E-state index contributed by atoms with van der Waals surface area (Å²) in [5.74, 6) is -0.417. The summed E-state index contributed by atoms with van der Waals surface area (Å²) in [5.41, 5.74) is 4.94. The van der Waals surface area contributed by atoms with Gasteiger partial charge in [-0.15, -0.1) is 0 Å². The SMILES string of the molecule is CCC=CC=CC=CCCC=CC=CC(N)=O. The van der Waals surface area contributed by atoms with Crippen LogP contribution in [0, 0.1) is 0 Å². The van der Waals surface area contributed by atoms with Crippen LogP contribution in [0.3, 0.4) is 0 Å². The number of hydrogen-bond acceptors (Lipinski definition) is 1. The zero-order valence-corrected chi connectivity index (χ0v) is 10.4. The minimum absolute atomic E-state index is 0.417. The molecule has 0 atom stereocenters. The maximum absolute atomic E-state index is 10.4. The third-order valence-electron chi connectivity index (χ3n) is 1.85. The van der Waals surface area contributed by atoms with Gasteiger partial charge in [0.05, 0.1) is 0 Å². The van der Waals surface area contributed by atoms with Crippen molar-refractivity contribution >= 4 is 5.91 Å². The van der Waals surface area contributed by atoms with E-state index in [1.165, 1.54) is 6.08 Å². The Hall–Kier alpha value is -1.83. The maximum atomic E-state index is 10.4. The summed E-state index contributed by atoms with van der Waals surface area (Å²) >= 11 is 0. The van der Waals surface area contributed by atoms with E-state index < -0.39 is 5.91 Å². The van der Waals surface area contributed by atoms with Gasteiger partial charge in [0.1, 0.15) is 0 Å². The Balaban J connectivity index is 3.57. The molecule has 0 spiro atoms. The van der Waals surface area contributed by atoms with Crippen LogP contribution in [-0.2, 0) is 4.79 Å². The van der Waals surface area contributed by atoms with E-state index in [-0.39, 0.29) is 0 Å². The van der Waals surface area contributed by atoms with E-state index >= 15 is 0 Å². The van der Waals surface area contributed by atoms with Crippen LogP contribution < -0.4 is 5.73 Å². The molecule has 0 heterocycles. The van der Waals surface area contributed by atoms with Crippen LogP contribution >= 0.6 is 0 Å². The lowest BCUT2D eigenvalue weighted by atomic mass is 10.2. The second-order valence-corrected chi connectivity index (χ2v) is 3.42. The Morgan fingerprint density at radius 2 is 1.41 bits per heavy atom. The predicted molar refractivity (Wildman–Crippen MR) is 74.4 cm³/mol. The van der Waals surface area contributed by atoms with Crippen molar-refractivity contribution in [1.82, 2.24) is 0 Å². The first-order chi connectivity index (χ1) is 8.27. The van der Waals surface area contributed by atoms with Crippen LogP contribution in [0.15, 0.2) is 60.8 Å². The predicted octanol–water partition coefficient (Wildman–Crippen LogP) is 3.44. The summed E-state index contributed by atoms with van der Waals surface area (Å²) < 4.78 is 0. The van der Waals surface area contributed by atoms with E-state index in [0.717, 1.165) is 19.3 Å². The molecule has 0 bridgehead atoms. The molecule has 2 heteroatoms. The van der Waals surface area contributed by atoms with E-state index in [1.54, 1.807) is 6.08 Å². The van der Waals surface area contributed by atoms with Gasteiger partial charge >= 0.3 is 0 Å². The molecule has 0 aromatic heterocycles. The average molecular weight is 231 g/mol. The standard InChI is InChI=1S/C15H21NO/c1-2-3-4-5-6-7-8-9-10-11-12-13-14-15(16)17/h3-8,11-14H,2,9-10H2,1H3,(H2,16,17). The molecule has 0 radical (unpaired) electrons. The third kappa shape index (κ3) is 14.2. The quantitative estimate of drug-likeness (QED) is 0.388. The number of unbranched alkanes of at least 4 members (excludes halogenated alkanes) is 1.